The summed E-state index contributed by atoms with van der Waals surface area (Å²) in [5.41, 5.74) is 3.20. The Morgan fingerprint density at radius 3 is 1.83 bits per heavy atom. The molecule has 1 heterocycles. The molecule has 154 valence electrons. The second-order valence-corrected chi connectivity index (χ2v) is 11.9. The van der Waals surface area contributed by atoms with Crippen LogP contribution in [0.1, 0.15) is 51.7 Å². The van der Waals surface area contributed by atoms with Gasteiger partial charge in [-0.1, -0.05) is 42.8 Å². The summed E-state index contributed by atoms with van der Waals surface area (Å²) in [4.78, 5) is 26.6. The van der Waals surface area contributed by atoms with Crippen LogP contribution in [0.3, 0.4) is 0 Å². The molecule has 1 fully saturated rings. The zero-order chi connectivity index (χ0) is 21.8. The number of hydrogen-bond donors (Lipinski definition) is 0. The smallest absolute Gasteiger partial charge is 0.174 e. The van der Waals surface area contributed by atoms with Crippen molar-refractivity contribution in [2.45, 2.75) is 56.5 Å². The highest BCUT2D eigenvalue weighted by Crippen LogP contribution is 2.45. The third kappa shape index (κ3) is 3.15. The van der Waals surface area contributed by atoms with Gasteiger partial charge in [-0.15, -0.1) is 0 Å². The third-order valence-electron chi connectivity index (χ3n) is 6.07. The lowest BCUT2D eigenvalue weighted by molar-refractivity contribution is -0.132. The van der Waals surface area contributed by atoms with Gasteiger partial charge in [-0.05, 0) is 74.6 Å². The summed E-state index contributed by atoms with van der Waals surface area (Å²) in [5, 5.41) is 0.616. The average Bonchev–Trinajstić information content (AvgIpc) is 2.67. The summed E-state index contributed by atoms with van der Waals surface area (Å²) >= 11 is 5.98. The maximum atomic E-state index is 13.3. The first-order valence-corrected chi connectivity index (χ1v) is 11.4. The molecule has 1 aliphatic heterocycles. The standard InChI is InChI=1S/C23H25ClO4S/c1-6-14-7-8-16(15-9-11-17(24)12-10-15)13-18(14)19-20(25)22(2,3)29(27,28)23(4,5)21(19)26/h7-13,19H,6H2,1-5H3. The van der Waals surface area contributed by atoms with Crippen molar-refractivity contribution in [1.82, 2.24) is 0 Å². The molecule has 2 aromatic carbocycles. The lowest BCUT2D eigenvalue weighted by atomic mass is 9.77. The summed E-state index contributed by atoms with van der Waals surface area (Å²) in [6.07, 6.45) is 0.626. The van der Waals surface area contributed by atoms with Gasteiger partial charge in [0.15, 0.2) is 21.4 Å². The third-order valence-corrected chi connectivity index (χ3v) is 9.41. The number of aryl methyl sites for hydroxylation is 1. The van der Waals surface area contributed by atoms with Crippen LogP contribution in [0, 0.1) is 0 Å². The summed E-state index contributed by atoms with van der Waals surface area (Å²) in [5.74, 6) is -2.24. The van der Waals surface area contributed by atoms with Crippen LogP contribution in [-0.4, -0.2) is 29.5 Å². The van der Waals surface area contributed by atoms with E-state index in [4.69, 9.17) is 11.6 Å². The number of halogens is 1. The number of rotatable bonds is 3. The number of Topliss-reactive ketones (excluding diaryl/α,β-unsaturated/α-hetero) is 2. The van der Waals surface area contributed by atoms with Crippen LogP contribution in [0.5, 0.6) is 0 Å². The molecule has 1 aliphatic rings. The monoisotopic (exact) mass is 432 g/mol. The molecular weight excluding hydrogens is 408 g/mol. The number of carbonyl (C=O) groups excluding carboxylic acids is 2. The molecule has 0 bridgehead atoms. The minimum atomic E-state index is -3.98. The van der Waals surface area contributed by atoms with Gasteiger partial charge in [0.25, 0.3) is 0 Å². The summed E-state index contributed by atoms with van der Waals surface area (Å²) in [6, 6.07) is 13.0. The normalized spacial score (nSPS) is 20.6. The van der Waals surface area contributed by atoms with Crippen LogP contribution in [0.2, 0.25) is 5.02 Å². The van der Waals surface area contributed by atoms with Gasteiger partial charge >= 0.3 is 0 Å². The van der Waals surface area contributed by atoms with E-state index in [1.165, 1.54) is 27.7 Å². The first kappa shape index (κ1) is 21.7. The van der Waals surface area contributed by atoms with E-state index in [0.717, 1.165) is 16.7 Å². The highest BCUT2D eigenvalue weighted by molar-refractivity contribution is 7.95. The number of carbonyl (C=O) groups is 2. The van der Waals surface area contributed by atoms with E-state index >= 15 is 0 Å². The molecule has 0 unspecified atom stereocenters. The lowest BCUT2D eigenvalue weighted by Gasteiger charge is -2.42. The van der Waals surface area contributed by atoms with Crippen LogP contribution in [0.4, 0.5) is 0 Å². The summed E-state index contributed by atoms with van der Waals surface area (Å²) in [7, 11) is -3.98. The molecule has 1 saturated heterocycles. The maximum Gasteiger partial charge on any atom is 0.174 e. The molecule has 0 radical (unpaired) electrons. The maximum absolute atomic E-state index is 13.3. The van der Waals surface area contributed by atoms with Crippen molar-refractivity contribution in [1.29, 1.82) is 0 Å². The van der Waals surface area contributed by atoms with Crippen LogP contribution in [0.25, 0.3) is 11.1 Å². The Morgan fingerprint density at radius 1 is 0.862 bits per heavy atom. The molecule has 0 amide bonds. The fourth-order valence-corrected chi connectivity index (χ4v) is 6.17. The minimum Gasteiger partial charge on any atom is -0.297 e. The van der Waals surface area contributed by atoms with Gasteiger partial charge in [0, 0.05) is 5.02 Å². The molecule has 2 aromatic rings. The fraction of sp³-hybridized carbons (Fsp3) is 0.391. The largest absolute Gasteiger partial charge is 0.297 e. The Bertz CT molecular complexity index is 1060. The highest BCUT2D eigenvalue weighted by Gasteiger charge is 2.63. The molecule has 29 heavy (non-hydrogen) atoms. The van der Waals surface area contributed by atoms with Crippen molar-refractivity contribution in [3.05, 3.63) is 58.6 Å². The zero-order valence-corrected chi connectivity index (χ0v) is 18.8. The van der Waals surface area contributed by atoms with E-state index in [0.29, 0.717) is 17.0 Å². The van der Waals surface area contributed by atoms with Gasteiger partial charge in [-0.3, -0.25) is 9.59 Å². The molecular formula is C23H25ClO4S. The molecule has 0 aromatic heterocycles. The quantitative estimate of drug-likeness (QED) is 0.654. The Morgan fingerprint density at radius 2 is 1.34 bits per heavy atom. The molecule has 6 heteroatoms. The van der Waals surface area contributed by atoms with Crippen LogP contribution in [0.15, 0.2) is 42.5 Å². The van der Waals surface area contributed by atoms with Crippen LogP contribution in [-0.2, 0) is 25.8 Å². The Hall–Kier alpha value is -1.98. The minimum absolute atomic E-state index is 0.565. The SMILES string of the molecule is CCc1ccc(-c2ccc(Cl)cc2)cc1C1C(=O)C(C)(C)S(=O)(=O)C(C)(C)C1=O. The van der Waals surface area contributed by atoms with Gasteiger partial charge in [0.1, 0.15) is 15.4 Å². The van der Waals surface area contributed by atoms with E-state index in [1.54, 1.807) is 12.1 Å². The second kappa shape index (κ2) is 7.06. The summed E-state index contributed by atoms with van der Waals surface area (Å²) in [6.45, 7) is 7.56. The van der Waals surface area contributed by atoms with Gasteiger partial charge in [-0.25, -0.2) is 8.42 Å². The molecule has 0 saturated carbocycles. The van der Waals surface area contributed by atoms with Crippen LogP contribution >= 0.6 is 11.6 Å². The predicted molar refractivity (Wildman–Crippen MR) is 116 cm³/mol. The predicted octanol–water partition coefficient (Wildman–Crippen LogP) is 4.78. The van der Waals surface area contributed by atoms with Gasteiger partial charge in [0.2, 0.25) is 0 Å². The van der Waals surface area contributed by atoms with E-state index in [2.05, 4.69) is 0 Å². The zero-order valence-electron chi connectivity index (χ0n) is 17.2. The topological polar surface area (TPSA) is 68.3 Å². The van der Waals surface area contributed by atoms with Crippen molar-refractivity contribution in [2.75, 3.05) is 0 Å². The number of hydrogen-bond acceptors (Lipinski definition) is 4. The Balaban J connectivity index is 2.23. The first-order chi connectivity index (χ1) is 13.4. The molecule has 0 atom stereocenters. The second-order valence-electron chi connectivity index (χ2n) is 8.46. The molecule has 3 rings (SSSR count). The first-order valence-electron chi connectivity index (χ1n) is 9.57. The highest BCUT2D eigenvalue weighted by atomic mass is 35.5. The number of benzene rings is 2. The number of sulfone groups is 1. The van der Waals surface area contributed by atoms with Gasteiger partial charge < -0.3 is 0 Å². The van der Waals surface area contributed by atoms with E-state index in [-0.39, 0.29) is 0 Å². The van der Waals surface area contributed by atoms with E-state index in [9.17, 15) is 18.0 Å². The fourth-order valence-electron chi connectivity index (χ4n) is 4.01. The van der Waals surface area contributed by atoms with Crippen molar-refractivity contribution in [3.63, 3.8) is 0 Å². The molecule has 0 aliphatic carbocycles. The van der Waals surface area contributed by atoms with Crippen molar-refractivity contribution in [3.8, 4) is 11.1 Å². The van der Waals surface area contributed by atoms with E-state index < -0.39 is 36.8 Å². The lowest BCUT2D eigenvalue weighted by Crippen LogP contribution is -2.63. The molecule has 0 N–H and O–H groups in total. The van der Waals surface area contributed by atoms with E-state index in [1.807, 2.05) is 37.3 Å². The average molecular weight is 433 g/mol. The van der Waals surface area contributed by atoms with Crippen molar-refractivity contribution in [2.24, 2.45) is 0 Å². The summed E-state index contributed by atoms with van der Waals surface area (Å²) < 4.78 is 22.7. The van der Waals surface area contributed by atoms with Crippen molar-refractivity contribution < 1.29 is 18.0 Å². The van der Waals surface area contributed by atoms with Crippen molar-refractivity contribution >= 4 is 33.0 Å². The van der Waals surface area contributed by atoms with Gasteiger partial charge in [0.05, 0.1) is 0 Å². The molecule has 0 spiro atoms. The van der Waals surface area contributed by atoms with Crippen LogP contribution < -0.4 is 0 Å². The number of ketones is 2. The molecule has 4 nitrogen and oxygen atoms in total. The Kier molecular flexibility index (Phi) is 5.29. The Labute approximate surface area is 177 Å². The van der Waals surface area contributed by atoms with Gasteiger partial charge in [-0.2, -0.15) is 0 Å².